The molecule has 0 saturated carbocycles. The molecular formula is C33H36N4O7. The van der Waals surface area contributed by atoms with Crippen molar-refractivity contribution in [3.05, 3.63) is 98.9 Å². The van der Waals surface area contributed by atoms with E-state index in [9.17, 15) is 29.4 Å². The van der Waals surface area contributed by atoms with Crippen molar-refractivity contribution < 1.29 is 34.1 Å². The molecule has 0 saturated heterocycles. The normalized spacial score (nSPS) is 25.1. The number of aromatic amines is 1. The van der Waals surface area contributed by atoms with Gasteiger partial charge in [-0.2, -0.15) is 0 Å². The summed E-state index contributed by atoms with van der Waals surface area (Å²) in [5.41, 5.74) is 5.96. The molecule has 0 radical (unpaired) electrons. The maximum Gasteiger partial charge on any atom is 0.303 e. The van der Waals surface area contributed by atoms with Gasteiger partial charge in [-0.1, -0.05) is 25.3 Å². The van der Waals surface area contributed by atoms with Crippen LogP contribution in [0.25, 0.3) is 6.08 Å². The Kier molecular flexibility index (Phi) is 7.63. The molecule has 4 aliphatic rings. The van der Waals surface area contributed by atoms with E-state index in [2.05, 4.69) is 34.1 Å². The number of nitrogens with one attached hydrogen (secondary N) is 4. The number of aromatic nitrogens is 1. The topological polar surface area (TPSA) is 170 Å². The van der Waals surface area contributed by atoms with E-state index in [-0.39, 0.29) is 37.5 Å². The first-order valence-electron chi connectivity index (χ1n) is 14.3. The summed E-state index contributed by atoms with van der Waals surface area (Å²) in [6.45, 7) is 14.9. The van der Waals surface area contributed by atoms with E-state index in [1.807, 2.05) is 32.9 Å². The van der Waals surface area contributed by atoms with Crippen LogP contribution < -0.4 is 16.0 Å². The summed E-state index contributed by atoms with van der Waals surface area (Å²) < 4.78 is 6.63. The van der Waals surface area contributed by atoms with Gasteiger partial charge in [0.05, 0.1) is 5.70 Å². The number of H-pyrrole nitrogens is 1. The highest BCUT2D eigenvalue weighted by atomic mass is 16.5. The van der Waals surface area contributed by atoms with Gasteiger partial charge in [0.25, 0.3) is 5.91 Å². The van der Waals surface area contributed by atoms with Crippen LogP contribution in [-0.2, 0) is 36.8 Å². The molecule has 1 aromatic heterocycles. The number of carboxylic acid groups (broad SMARTS) is 2. The number of amides is 2. The van der Waals surface area contributed by atoms with Crippen LogP contribution in [0.4, 0.5) is 0 Å². The van der Waals surface area contributed by atoms with Gasteiger partial charge in [0.2, 0.25) is 5.91 Å². The number of carboxylic acids is 2. The Labute approximate surface area is 254 Å². The highest BCUT2D eigenvalue weighted by Crippen LogP contribution is 2.51. The first kappa shape index (κ1) is 30.6. The van der Waals surface area contributed by atoms with Crippen LogP contribution in [0.15, 0.2) is 76.3 Å². The van der Waals surface area contributed by atoms with Crippen molar-refractivity contribution in [3.63, 3.8) is 0 Å². The summed E-state index contributed by atoms with van der Waals surface area (Å²) in [6, 6.07) is 0. The summed E-state index contributed by atoms with van der Waals surface area (Å²) in [6.07, 6.45) is 7.28. The Hall–Kier alpha value is -4.90. The minimum absolute atomic E-state index is 0.0828. The maximum absolute atomic E-state index is 12.6. The standard InChI is InChI=1S/C33H36N4O7/c1-7-19-16(3)24(36-31(19)43)13-23-17(4)20(9-11-28(38)39)25(34-23)14-26-22(10-12-29(40)41)32(6)27(35-26)15-33(44-32)21(8-2)18(5)30(42)37-33/h7-8,13,15,34-35H,1-2,9-12,14H2,3-6H3,(H,36,43)(H,37,42)(H,38,39)(H,40,41)/b24-13-. The number of allylic oxidation sites excluding steroid dienone is 2. The summed E-state index contributed by atoms with van der Waals surface area (Å²) in [7, 11) is 0. The third-order valence-corrected chi connectivity index (χ3v) is 8.93. The lowest BCUT2D eigenvalue weighted by Gasteiger charge is -2.32. The van der Waals surface area contributed by atoms with E-state index in [0.717, 1.165) is 39.4 Å². The van der Waals surface area contributed by atoms with Crippen LogP contribution >= 0.6 is 0 Å². The predicted octanol–water partition coefficient (Wildman–Crippen LogP) is 3.58. The lowest BCUT2D eigenvalue weighted by atomic mass is 9.90. The molecule has 1 aromatic rings. The fraction of sp³-hybridized carbons (Fsp3) is 0.333. The summed E-state index contributed by atoms with van der Waals surface area (Å²) >= 11 is 0. The molecule has 5 heterocycles. The number of aliphatic carboxylic acids is 2. The van der Waals surface area contributed by atoms with E-state index >= 15 is 0 Å². The van der Waals surface area contributed by atoms with Gasteiger partial charge < -0.3 is 35.9 Å². The second-order valence-electron chi connectivity index (χ2n) is 11.5. The van der Waals surface area contributed by atoms with Crippen molar-refractivity contribution in [3.8, 4) is 0 Å². The average molecular weight is 601 g/mol. The molecule has 230 valence electrons. The average Bonchev–Trinajstić information content (AvgIpc) is 3.62. The molecule has 2 atom stereocenters. The predicted molar refractivity (Wildman–Crippen MR) is 163 cm³/mol. The molecule has 11 heteroatoms. The number of carbonyl (C=O) groups excluding carboxylic acids is 2. The number of hydrogen-bond donors (Lipinski definition) is 6. The van der Waals surface area contributed by atoms with Gasteiger partial charge >= 0.3 is 11.9 Å². The Morgan fingerprint density at radius 1 is 0.977 bits per heavy atom. The summed E-state index contributed by atoms with van der Waals surface area (Å²) in [5.74, 6) is -2.40. The van der Waals surface area contributed by atoms with Gasteiger partial charge in [0, 0.05) is 58.8 Å². The van der Waals surface area contributed by atoms with Crippen molar-refractivity contribution in [2.75, 3.05) is 0 Å². The number of hydrogen-bond acceptors (Lipinski definition) is 6. The number of rotatable bonds is 11. The molecule has 2 unspecified atom stereocenters. The fourth-order valence-corrected chi connectivity index (χ4v) is 6.55. The fourth-order valence-electron chi connectivity index (χ4n) is 6.55. The van der Waals surface area contributed by atoms with Crippen LogP contribution in [0, 0.1) is 6.92 Å². The molecule has 44 heavy (non-hydrogen) atoms. The van der Waals surface area contributed by atoms with E-state index < -0.39 is 23.3 Å². The molecule has 1 spiro atoms. The van der Waals surface area contributed by atoms with E-state index in [4.69, 9.17) is 4.74 Å². The zero-order valence-corrected chi connectivity index (χ0v) is 25.2. The van der Waals surface area contributed by atoms with Crippen LogP contribution in [-0.4, -0.2) is 50.3 Å². The lowest BCUT2D eigenvalue weighted by Crippen LogP contribution is -2.47. The SMILES string of the molecule is C=CC1=C(C)/C(=C/c2[nH]c(CC3=C(CCC(=O)O)C4(C)OC5(C=C4N3)NC(=O)C(C)=C5C=C)c(CCC(=O)O)c2C)NC1=O. The second kappa shape index (κ2) is 11.0. The van der Waals surface area contributed by atoms with Crippen LogP contribution in [0.1, 0.15) is 62.5 Å². The summed E-state index contributed by atoms with van der Waals surface area (Å²) in [4.78, 5) is 51.6. The van der Waals surface area contributed by atoms with Crippen molar-refractivity contribution in [2.45, 2.75) is 71.1 Å². The molecule has 0 fully saturated rings. The molecule has 6 N–H and O–H groups in total. The Morgan fingerprint density at radius 3 is 2.27 bits per heavy atom. The van der Waals surface area contributed by atoms with E-state index in [1.165, 1.54) is 6.08 Å². The highest BCUT2D eigenvalue weighted by molar-refractivity contribution is 6.03. The van der Waals surface area contributed by atoms with Gasteiger partial charge in [-0.05, 0) is 75.0 Å². The van der Waals surface area contributed by atoms with Crippen LogP contribution in [0.2, 0.25) is 0 Å². The number of fused-ring (bicyclic) bond motifs is 1. The van der Waals surface area contributed by atoms with Crippen LogP contribution in [0.3, 0.4) is 0 Å². The molecular weight excluding hydrogens is 564 g/mol. The van der Waals surface area contributed by atoms with Gasteiger partial charge in [-0.25, -0.2) is 0 Å². The van der Waals surface area contributed by atoms with Crippen LogP contribution in [0.5, 0.6) is 0 Å². The first-order chi connectivity index (χ1) is 20.7. The minimum Gasteiger partial charge on any atom is -0.481 e. The maximum atomic E-state index is 12.6. The highest BCUT2D eigenvalue weighted by Gasteiger charge is 2.57. The zero-order valence-electron chi connectivity index (χ0n) is 25.2. The lowest BCUT2D eigenvalue weighted by molar-refractivity contribution is -0.138. The third-order valence-electron chi connectivity index (χ3n) is 8.93. The molecule has 0 bridgehead atoms. The van der Waals surface area contributed by atoms with Crippen molar-refractivity contribution in [2.24, 2.45) is 0 Å². The molecule has 4 aliphatic heterocycles. The molecule has 2 amide bonds. The van der Waals surface area contributed by atoms with Gasteiger partial charge in [-0.15, -0.1) is 0 Å². The van der Waals surface area contributed by atoms with Crippen molar-refractivity contribution in [1.29, 1.82) is 0 Å². The Bertz CT molecular complexity index is 1720. The molecule has 5 rings (SSSR count). The first-order valence-corrected chi connectivity index (χ1v) is 14.3. The summed E-state index contributed by atoms with van der Waals surface area (Å²) in [5, 5.41) is 28.2. The minimum atomic E-state index is -1.23. The molecule has 0 aliphatic carbocycles. The Morgan fingerprint density at radius 2 is 1.66 bits per heavy atom. The van der Waals surface area contributed by atoms with Crippen molar-refractivity contribution in [1.82, 2.24) is 20.9 Å². The zero-order chi connectivity index (χ0) is 32.1. The quantitative estimate of drug-likeness (QED) is 0.224. The molecule has 0 aromatic carbocycles. The Balaban J connectivity index is 1.56. The van der Waals surface area contributed by atoms with Gasteiger partial charge in [0.15, 0.2) is 5.72 Å². The number of carbonyl (C=O) groups is 4. The second-order valence-corrected chi connectivity index (χ2v) is 11.5. The van der Waals surface area contributed by atoms with Gasteiger partial charge in [-0.3, -0.25) is 19.2 Å². The molecule has 11 nitrogen and oxygen atoms in total. The van der Waals surface area contributed by atoms with E-state index in [0.29, 0.717) is 34.5 Å². The van der Waals surface area contributed by atoms with E-state index in [1.54, 1.807) is 13.0 Å². The van der Waals surface area contributed by atoms with Gasteiger partial charge in [0.1, 0.15) is 5.60 Å². The largest absolute Gasteiger partial charge is 0.481 e. The smallest absolute Gasteiger partial charge is 0.303 e. The third kappa shape index (κ3) is 4.92. The monoisotopic (exact) mass is 600 g/mol. The number of ether oxygens (including phenoxy) is 1. The van der Waals surface area contributed by atoms with Crippen molar-refractivity contribution >= 4 is 29.8 Å².